The molecule has 0 saturated carbocycles. The topological polar surface area (TPSA) is 120 Å². The van der Waals surface area contributed by atoms with Crippen molar-refractivity contribution in [3.8, 4) is 16.4 Å². The number of thiazole rings is 1. The number of aromatic amines is 1. The van der Waals surface area contributed by atoms with Crippen LogP contribution in [0.3, 0.4) is 0 Å². The summed E-state index contributed by atoms with van der Waals surface area (Å²) in [7, 11) is 0. The fourth-order valence-electron chi connectivity index (χ4n) is 3.46. The van der Waals surface area contributed by atoms with Crippen molar-refractivity contribution in [3.63, 3.8) is 0 Å². The van der Waals surface area contributed by atoms with Crippen molar-refractivity contribution in [2.24, 2.45) is 5.73 Å². The van der Waals surface area contributed by atoms with Gasteiger partial charge in [0.05, 0.1) is 22.5 Å². The molecule has 4 aromatic heterocycles. The fraction of sp³-hybridized carbons (Fsp3) is 0.0455. The Hall–Kier alpha value is -4.25. The van der Waals surface area contributed by atoms with E-state index >= 15 is 0 Å². The molecule has 33 heavy (non-hydrogen) atoms. The number of pyridine rings is 1. The average Bonchev–Trinajstić information content (AvgIpc) is 3.52. The zero-order valence-electron chi connectivity index (χ0n) is 17.0. The highest BCUT2D eigenvalue weighted by molar-refractivity contribution is 7.12. The number of rotatable bonds is 5. The number of nitrogens with two attached hydrogens (primary N) is 1. The van der Waals surface area contributed by atoms with Gasteiger partial charge in [0, 0.05) is 40.5 Å². The van der Waals surface area contributed by atoms with Gasteiger partial charge in [0.2, 0.25) is 5.78 Å². The number of hydrogen-bond acceptors (Lipinski definition) is 6. The molecule has 0 fully saturated rings. The number of carbonyl (C=O) groups is 2. The summed E-state index contributed by atoms with van der Waals surface area (Å²) in [5.41, 5.74) is 6.14. The highest BCUT2D eigenvalue weighted by Gasteiger charge is 2.26. The van der Waals surface area contributed by atoms with E-state index in [0.717, 1.165) is 17.8 Å². The summed E-state index contributed by atoms with van der Waals surface area (Å²) in [5, 5.41) is 2.88. The van der Waals surface area contributed by atoms with Crippen molar-refractivity contribution in [3.05, 3.63) is 82.5 Å². The highest BCUT2D eigenvalue weighted by atomic mass is 32.1. The second-order valence-electron chi connectivity index (χ2n) is 7.24. The molecule has 0 aliphatic rings. The van der Waals surface area contributed by atoms with Crippen LogP contribution in [0.2, 0.25) is 0 Å². The van der Waals surface area contributed by atoms with Crippen LogP contribution < -0.4 is 5.73 Å². The SMILES string of the molecule is Cc1cn(-c2nc(-c3cnc4[nH]cc(C(=O)c5c(F)ccc(C(N)=O)c5F)c4c3)cs2)cn1. The molecule has 3 N–H and O–H groups in total. The Labute approximate surface area is 188 Å². The predicted molar refractivity (Wildman–Crippen MR) is 117 cm³/mol. The number of halogens is 2. The maximum Gasteiger partial charge on any atom is 0.251 e. The lowest BCUT2D eigenvalue weighted by atomic mass is 9.99. The first-order valence-corrected chi connectivity index (χ1v) is 10.5. The summed E-state index contributed by atoms with van der Waals surface area (Å²) < 4.78 is 30.9. The molecule has 0 saturated heterocycles. The number of aromatic nitrogens is 5. The van der Waals surface area contributed by atoms with Gasteiger partial charge in [-0.2, -0.15) is 0 Å². The van der Waals surface area contributed by atoms with Crippen LogP contribution in [0.15, 0.2) is 48.5 Å². The van der Waals surface area contributed by atoms with Crippen molar-refractivity contribution in [1.29, 1.82) is 0 Å². The Bertz CT molecular complexity index is 1570. The molecule has 8 nitrogen and oxygen atoms in total. The van der Waals surface area contributed by atoms with E-state index < -0.39 is 34.5 Å². The summed E-state index contributed by atoms with van der Waals surface area (Å²) in [6.07, 6.45) is 6.40. The molecule has 1 aromatic carbocycles. The minimum absolute atomic E-state index is 0.000502. The van der Waals surface area contributed by atoms with Gasteiger partial charge in [-0.05, 0) is 25.1 Å². The molecular weight excluding hydrogens is 450 g/mol. The van der Waals surface area contributed by atoms with Crippen LogP contribution in [-0.4, -0.2) is 36.2 Å². The average molecular weight is 464 g/mol. The van der Waals surface area contributed by atoms with Gasteiger partial charge in [-0.15, -0.1) is 11.3 Å². The first-order valence-electron chi connectivity index (χ1n) is 9.60. The van der Waals surface area contributed by atoms with Gasteiger partial charge >= 0.3 is 0 Å². The number of carbonyl (C=O) groups excluding carboxylic acids is 2. The summed E-state index contributed by atoms with van der Waals surface area (Å²) >= 11 is 1.40. The van der Waals surface area contributed by atoms with Crippen LogP contribution >= 0.6 is 11.3 Å². The van der Waals surface area contributed by atoms with Crippen molar-refractivity contribution in [1.82, 2.24) is 24.5 Å². The molecule has 0 aliphatic heterocycles. The number of amides is 1. The maximum absolute atomic E-state index is 14.7. The van der Waals surface area contributed by atoms with Crippen LogP contribution in [-0.2, 0) is 0 Å². The Balaban J connectivity index is 1.58. The van der Waals surface area contributed by atoms with E-state index in [0.29, 0.717) is 27.4 Å². The second-order valence-corrected chi connectivity index (χ2v) is 8.07. The minimum Gasteiger partial charge on any atom is -0.366 e. The maximum atomic E-state index is 14.7. The quantitative estimate of drug-likeness (QED) is 0.384. The Morgan fingerprint density at radius 2 is 2.00 bits per heavy atom. The van der Waals surface area contributed by atoms with E-state index in [1.54, 1.807) is 23.2 Å². The van der Waals surface area contributed by atoms with Crippen molar-refractivity contribution in [2.45, 2.75) is 6.92 Å². The third kappa shape index (κ3) is 3.48. The van der Waals surface area contributed by atoms with Gasteiger partial charge in [-0.3, -0.25) is 14.2 Å². The van der Waals surface area contributed by atoms with E-state index in [4.69, 9.17) is 5.73 Å². The first-order chi connectivity index (χ1) is 15.8. The zero-order valence-corrected chi connectivity index (χ0v) is 17.8. The zero-order chi connectivity index (χ0) is 23.3. The minimum atomic E-state index is -1.30. The molecule has 11 heteroatoms. The Kier molecular flexibility index (Phi) is 4.82. The van der Waals surface area contributed by atoms with Gasteiger partial charge in [0.1, 0.15) is 23.6 Å². The highest BCUT2D eigenvalue weighted by Crippen LogP contribution is 2.29. The lowest BCUT2D eigenvalue weighted by Crippen LogP contribution is -2.17. The van der Waals surface area contributed by atoms with Crippen LogP contribution in [0.1, 0.15) is 32.0 Å². The van der Waals surface area contributed by atoms with Gasteiger partial charge in [0.15, 0.2) is 5.13 Å². The summed E-state index contributed by atoms with van der Waals surface area (Å²) in [6.45, 7) is 1.87. The molecule has 0 radical (unpaired) electrons. The van der Waals surface area contributed by atoms with Crippen LogP contribution in [0.4, 0.5) is 8.78 Å². The van der Waals surface area contributed by atoms with E-state index in [2.05, 4.69) is 19.9 Å². The molecule has 4 heterocycles. The van der Waals surface area contributed by atoms with E-state index in [1.807, 2.05) is 18.5 Å². The molecule has 0 unspecified atom stereocenters. The number of imidazole rings is 1. The number of nitrogens with zero attached hydrogens (tertiary/aromatic N) is 4. The summed E-state index contributed by atoms with van der Waals surface area (Å²) in [5.74, 6) is -4.44. The number of benzene rings is 1. The molecule has 164 valence electrons. The Morgan fingerprint density at radius 3 is 2.73 bits per heavy atom. The molecule has 0 atom stereocenters. The molecule has 0 aliphatic carbocycles. The number of hydrogen-bond donors (Lipinski definition) is 2. The van der Waals surface area contributed by atoms with Crippen LogP contribution in [0.25, 0.3) is 27.4 Å². The van der Waals surface area contributed by atoms with Crippen LogP contribution in [0, 0.1) is 18.6 Å². The predicted octanol–water partition coefficient (Wildman–Crippen LogP) is 3.79. The molecule has 5 rings (SSSR count). The van der Waals surface area contributed by atoms with Crippen molar-refractivity contribution >= 4 is 34.1 Å². The third-order valence-electron chi connectivity index (χ3n) is 5.08. The molecule has 5 aromatic rings. The number of fused-ring (bicyclic) bond motifs is 1. The normalized spacial score (nSPS) is 11.2. The van der Waals surface area contributed by atoms with Gasteiger partial charge in [-0.1, -0.05) is 0 Å². The van der Waals surface area contributed by atoms with Gasteiger partial charge in [0.25, 0.3) is 5.91 Å². The monoisotopic (exact) mass is 464 g/mol. The first kappa shape index (κ1) is 20.6. The molecule has 0 bridgehead atoms. The van der Waals surface area contributed by atoms with Crippen molar-refractivity contribution in [2.75, 3.05) is 0 Å². The fourth-order valence-corrected chi connectivity index (χ4v) is 4.24. The summed E-state index contributed by atoms with van der Waals surface area (Å²) in [6, 6.07) is 3.40. The molecular formula is C22H14F2N6O2S. The van der Waals surface area contributed by atoms with E-state index in [9.17, 15) is 18.4 Å². The molecule has 1 amide bonds. The third-order valence-corrected chi connectivity index (χ3v) is 5.93. The summed E-state index contributed by atoms with van der Waals surface area (Å²) in [4.78, 5) is 40.4. The number of ketones is 1. The van der Waals surface area contributed by atoms with Gasteiger partial charge in [-0.25, -0.2) is 23.7 Å². The second kappa shape index (κ2) is 7.71. The lowest BCUT2D eigenvalue weighted by Gasteiger charge is -2.07. The van der Waals surface area contributed by atoms with E-state index in [1.165, 1.54) is 17.5 Å². The lowest BCUT2D eigenvalue weighted by molar-refractivity contribution is 0.0996. The largest absolute Gasteiger partial charge is 0.366 e. The molecule has 0 spiro atoms. The van der Waals surface area contributed by atoms with Crippen molar-refractivity contribution < 1.29 is 18.4 Å². The van der Waals surface area contributed by atoms with Crippen LogP contribution in [0.5, 0.6) is 0 Å². The number of primary amides is 1. The van der Waals surface area contributed by atoms with Gasteiger partial charge < -0.3 is 10.7 Å². The number of aryl methyl sites for hydroxylation is 1. The smallest absolute Gasteiger partial charge is 0.251 e. The number of nitrogens with one attached hydrogen (secondary N) is 1. The van der Waals surface area contributed by atoms with E-state index in [-0.39, 0.29) is 5.56 Å². The standard InChI is InChI=1S/C22H14F2N6O2S/c1-10-7-30(9-28-10)22-29-16(8-33-22)11-4-13-14(6-27-21(13)26-5-11)19(31)17-15(23)3-2-12(18(17)24)20(25)32/h2-9H,1H3,(H2,25,32)(H,26,27). The Morgan fingerprint density at radius 1 is 1.18 bits per heavy atom. The number of H-pyrrole nitrogens is 1.